The fourth-order valence-corrected chi connectivity index (χ4v) is 4.12. The molecule has 5 nitrogen and oxygen atoms in total. The number of aromatic nitrogens is 4. The summed E-state index contributed by atoms with van der Waals surface area (Å²) in [4.78, 5) is 12.5. The maximum atomic E-state index is 13.4. The molecule has 1 fully saturated rings. The van der Waals surface area contributed by atoms with E-state index in [0.29, 0.717) is 11.9 Å². The lowest BCUT2D eigenvalue weighted by molar-refractivity contribution is 0.523. The van der Waals surface area contributed by atoms with Crippen LogP contribution in [0.5, 0.6) is 0 Å². The molecule has 0 spiro atoms. The Balaban J connectivity index is 1.73. The third kappa shape index (κ3) is 2.67. The van der Waals surface area contributed by atoms with Crippen LogP contribution in [0.1, 0.15) is 31.7 Å². The van der Waals surface area contributed by atoms with E-state index in [1.165, 1.54) is 25.0 Å². The summed E-state index contributed by atoms with van der Waals surface area (Å²) in [5, 5.41) is 0. The van der Waals surface area contributed by atoms with Crippen molar-refractivity contribution in [2.45, 2.75) is 31.7 Å². The average Bonchev–Trinajstić information content (AvgIpc) is 3.46. The van der Waals surface area contributed by atoms with Gasteiger partial charge in [-0.05, 0) is 43.2 Å². The second-order valence-corrected chi connectivity index (χ2v) is 7.17. The van der Waals surface area contributed by atoms with Gasteiger partial charge < -0.3 is 9.41 Å². The fourth-order valence-electron chi connectivity index (χ4n) is 4.12. The van der Waals surface area contributed by atoms with Crippen molar-refractivity contribution in [2.24, 2.45) is 0 Å². The molecule has 0 unspecified atom stereocenters. The van der Waals surface area contributed by atoms with E-state index in [4.69, 9.17) is 11.6 Å². The number of hydrogen-bond acceptors (Lipinski definition) is 2. The number of hydrogen-bond donors (Lipinski definition) is 0. The minimum atomic E-state index is -0.262. The van der Waals surface area contributed by atoms with Gasteiger partial charge in [0.05, 0.1) is 30.1 Å². The van der Waals surface area contributed by atoms with Gasteiger partial charge in [0, 0.05) is 23.2 Å². The third-order valence-electron chi connectivity index (χ3n) is 5.50. The highest BCUT2D eigenvalue weighted by Gasteiger charge is 2.24. The zero-order chi connectivity index (χ0) is 19.1. The molecule has 0 bridgehead atoms. The Labute approximate surface area is 161 Å². The van der Waals surface area contributed by atoms with Crippen LogP contribution in [0.3, 0.4) is 0 Å². The molecule has 3 heterocycles. The van der Waals surface area contributed by atoms with Crippen LogP contribution in [-0.2, 0) is 0 Å². The zero-order valence-electron chi connectivity index (χ0n) is 15.2. The van der Waals surface area contributed by atoms with Crippen molar-refractivity contribution >= 4 is 11.5 Å². The predicted molar refractivity (Wildman–Crippen MR) is 106 cm³/mol. The van der Waals surface area contributed by atoms with Crippen molar-refractivity contribution in [3.05, 3.63) is 72.4 Å². The Morgan fingerprint density at radius 2 is 1.75 bits per heavy atom. The first-order valence-electron chi connectivity index (χ1n) is 9.42. The van der Waals surface area contributed by atoms with Crippen LogP contribution in [0, 0.1) is 12.4 Å². The van der Waals surface area contributed by atoms with E-state index in [2.05, 4.69) is 14.4 Å². The second kappa shape index (κ2) is 6.61. The maximum absolute atomic E-state index is 13.4. The molecular weight excluding hydrogens is 353 g/mol. The molecule has 1 aliphatic carbocycles. The van der Waals surface area contributed by atoms with Gasteiger partial charge in [-0.3, -0.25) is 0 Å². The molecule has 6 heteroatoms. The Hall–Kier alpha value is -3.46. The van der Waals surface area contributed by atoms with E-state index in [1.54, 1.807) is 18.3 Å². The molecule has 4 aromatic rings. The molecule has 3 aromatic heterocycles. The van der Waals surface area contributed by atoms with Crippen LogP contribution in [0.4, 0.5) is 10.2 Å². The van der Waals surface area contributed by atoms with Crippen molar-refractivity contribution < 1.29 is 4.39 Å². The summed E-state index contributed by atoms with van der Waals surface area (Å²) in [6.45, 7) is 7.37. The summed E-state index contributed by atoms with van der Waals surface area (Å²) in [5.74, 6) is 0.217. The van der Waals surface area contributed by atoms with E-state index in [0.717, 1.165) is 41.0 Å². The smallest absolute Gasteiger partial charge is 0.254 e. The van der Waals surface area contributed by atoms with E-state index in [1.807, 2.05) is 29.1 Å². The van der Waals surface area contributed by atoms with Crippen molar-refractivity contribution in [2.75, 3.05) is 0 Å². The van der Waals surface area contributed by atoms with E-state index in [9.17, 15) is 4.39 Å². The molecule has 28 heavy (non-hydrogen) atoms. The van der Waals surface area contributed by atoms with Gasteiger partial charge in [-0.25, -0.2) is 18.8 Å². The molecule has 5 rings (SSSR count). The number of imidazole rings is 2. The zero-order valence-corrected chi connectivity index (χ0v) is 15.2. The molecule has 0 N–H and O–H groups in total. The first-order valence-corrected chi connectivity index (χ1v) is 9.42. The van der Waals surface area contributed by atoms with Gasteiger partial charge in [0.15, 0.2) is 0 Å². The van der Waals surface area contributed by atoms with Gasteiger partial charge in [-0.15, -0.1) is 0 Å². The topological polar surface area (TPSA) is 39.5 Å². The summed E-state index contributed by atoms with van der Waals surface area (Å²) in [6, 6.07) is 10.8. The molecule has 0 amide bonds. The molecular formula is C22H18FN5. The van der Waals surface area contributed by atoms with Crippen LogP contribution in [0.2, 0.25) is 0 Å². The van der Waals surface area contributed by atoms with Gasteiger partial charge in [0.2, 0.25) is 5.65 Å². The fraction of sp³-hybridized carbons (Fsp3) is 0.227. The predicted octanol–water partition coefficient (Wildman–Crippen LogP) is 5.67. The summed E-state index contributed by atoms with van der Waals surface area (Å²) >= 11 is 0. The number of fused-ring (bicyclic) bond motifs is 1. The van der Waals surface area contributed by atoms with E-state index >= 15 is 0 Å². The highest BCUT2D eigenvalue weighted by Crippen LogP contribution is 2.38. The molecule has 1 aliphatic rings. The Morgan fingerprint density at radius 1 is 1.00 bits per heavy atom. The van der Waals surface area contributed by atoms with E-state index < -0.39 is 0 Å². The molecule has 0 radical (unpaired) electrons. The van der Waals surface area contributed by atoms with Crippen LogP contribution < -0.4 is 0 Å². The SMILES string of the molecule is [C-]#[N+]c1cnc2ccc(-c3c(-c4ccc(F)cc4)ncn3C3CCCC3)cn12. The maximum Gasteiger partial charge on any atom is 0.254 e. The van der Waals surface area contributed by atoms with Crippen LogP contribution in [0.15, 0.2) is 55.1 Å². The lowest BCUT2D eigenvalue weighted by atomic mass is 10.0. The van der Waals surface area contributed by atoms with Gasteiger partial charge >= 0.3 is 0 Å². The average molecular weight is 371 g/mol. The first-order chi connectivity index (χ1) is 13.7. The highest BCUT2D eigenvalue weighted by molar-refractivity contribution is 5.79. The number of nitrogens with zero attached hydrogens (tertiary/aromatic N) is 5. The number of halogens is 1. The first kappa shape index (κ1) is 16.7. The van der Waals surface area contributed by atoms with Gasteiger partial charge in [-0.1, -0.05) is 19.4 Å². The normalized spacial score (nSPS) is 14.6. The van der Waals surface area contributed by atoms with Crippen molar-refractivity contribution in [3.8, 4) is 22.5 Å². The van der Waals surface area contributed by atoms with Crippen LogP contribution in [-0.4, -0.2) is 18.9 Å². The van der Waals surface area contributed by atoms with Crippen molar-refractivity contribution in [1.82, 2.24) is 18.9 Å². The van der Waals surface area contributed by atoms with Crippen LogP contribution in [0.25, 0.3) is 33.0 Å². The standard InChI is InChI=1S/C22H18FN5/c1-24-20-12-25-19-11-8-16(13-27(19)20)22-21(15-6-9-17(23)10-7-15)26-14-28(22)18-4-2-3-5-18/h6-14,18H,2-5H2. The number of rotatable bonds is 3. The minimum Gasteiger partial charge on any atom is -0.362 e. The van der Waals surface area contributed by atoms with Crippen LogP contribution >= 0.6 is 0 Å². The van der Waals surface area contributed by atoms with Crippen molar-refractivity contribution in [1.29, 1.82) is 0 Å². The lowest BCUT2D eigenvalue weighted by Crippen LogP contribution is -2.05. The molecule has 138 valence electrons. The summed E-state index contributed by atoms with van der Waals surface area (Å²) in [6.07, 6.45) is 10.1. The molecule has 0 aliphatic heterocycles. The highest BCUT2D eigenvalue weighted by atomic mass is 19.1. The second-order valence-electron chi connectivity index (χ2n) is 7.17. The largest absolute Gasteiger partial charge is 0.362 e. The Bertz CT molecular complexity index is 1190. The number of benzene rings is 1. The monoisotopic (exact) mass is 371 g/mol. The van der Waals surface area contributed by atoms with Crippen molar-refractivity contribution in [3.63, 3.8) is 0 Å². The Morgan fingerprint density at radius 3 is 2.50 bits per heavy atom. The molecule has 0 saturated heterocycles. The van der Waals surface area contributed by atoms with Gasteiger partial charge in [0.1, 0.15) is 5.82 Å². The Kier molecular flexibility index (Phi) is 3.94. The summed E-state index contributed by atoms with van der Waals surface area (Å²) < 4.78 is 17.5. The minimum absolute atomic E-state index is 0.262. The van der Waals surface area contributed by atoms with Gasteiger partial charge in [-0.2, -0.15) is 0 Å². The molecule has 1 aromatic carbocycles. The third-order valence-corrected chi connectivity index (χ3v) is 5.50. The van der Waals surface area contributed by atoms with E-state index in [-0.39, 0.29) is 5.82 Å². The molecule has 1 saturated carbocycles. The molecule has 0 atom stereocenters. The number of pyridine rings is 1. The van der Waals surface area contributed by atoms with Gasteiger partial charge in [0.25, 0.3) is 5.82 Å². The summed E-state index contributed by atoms with van der Waals surface area (Å²) in [5.41, 5.74) is 4.43. The summed E-state index contributed by atoms with van der Waals surface area (Å²) in [7, 11) is 0. The lowest BCUT2D eigenvalue weighted by Gasteiger charge is -2.16. The quantitative estimate of drug-likeness (QED) is 0.435.